The third kappa shape index (κ3) is 3.02. The highest BCUT2D eigenvalue weighted by atomic mass is 16.2. The lowest BCUT2D eigenvalue weighted by Crippen LogP contribution is -2.40. The van der Waals surface area contributed by atoms with Crippen molar-refractivity contribution >= 4 is 16.9 Å². The summed E-state index contributed by atoms with van der Waals surface area (Å²) in [7, 11) is 0. The summed E-state index contributed by atoms with van der Waals surface area (Å²) >= 11 is 0. The number of hydrogen-bond acceptors (Lipinski definition) is 3. The van der Waals surface area contributed by atoms with E-state index in [0.717, 1.165) is 43.4 Å². The average Bonchev–Trinajstić information content (AvgIpc) is 3.10. The zero-order chi connectivity index (χ0) is 16.4. The molecule has 0 saturated carbocycles. The van der Waals surface area contributed by atoms with Gasteiger partial charge in [-0.2, -0.15) is 0 Å². The van der Waals surface area contributed by atoms with E-state index >= 15 is 0 Å². The first kappa shape index (κ1) is 14.9. The molecule has 1 amide bonds. The first-order valence-electron chi connectivity index (χ1n) is 8.41. The van der Waals surface area contributed by atoms with Gasteiger partial charge in [-0.05, 0) is 55.0 Å². The Morgan fingerprint density at radius 2 is 2.29 bits per heavy atom. The van der Waals surface area contributed by atoms with E-state index in [1.54, 1.807) is 12.4 Å². The minimum Gasteiger partial charge on any atom is -0.346 e. The molecule has 0 radical (unpaired) electrons. The number of amides is 1. The molecule has 0 spiro atoms. The Kier molecular flexibility index (Phi) is 3.99. The standard InChI is InChI=1S/C19H20N4O/c24-19(17-4-1-6-20-12-17)23-8-2-3-14(13-23)9-15-10-16-5-7-21-18(16)22-11-15/h1,4-7,10-12,14H,2-3,8-9,13H2,(H,21,22)/t14-/m0/s1. The van der Waals surface area contributed by atoms with Gasteiger partial charge in [-0.15, -0.1) is 0 Å². The van der Waals surface area contributed by atoms with Gasteiger partial charge in [-0.25, -0.2) is 4.98 Å². The molecule has 1 aliphatic heterocycles. The summed E-state index contributed by atoms with van der Waals surface area (Å²) in [4.78, 5) is 26.2. The van der Waals surface area contributed by atoms with Gasteiger partial charge in [0.1, 0.15) is 5.65 Å². The maximum Gasteiger partial charge on any atom is 0.255 e. The monoisotopic (exact) mass is 320 g/mol. The Balaban J connectivity index is 1.45. The molecule has 0 aromatic carbocycles. The van der Waals surface area contributed by atoms with E-state index in [1.807, 2.05) is 35.5 Å². The van der Waals surface area contributed by atoms with Gasteiger partial charge >= 0.3 is 0 Å². The predicted molar refractivity (Wildman–Crippen MR) is 92.7 cm³/mol. The highest BCUT2D eigenvalue weighted by Gasteiger charge is 2.24. The third-order valence-corrected chi connectivity index (χ3v) is 4.70. The highest BCUT2D eigenvalue weighted by Crippen LogP contribution is 2.23. The number of fused-ring (bicyclic) bond motifs is 1. The summed E-state index contributed by atoms with van der Waals surface area (Å²) in [6.07, 6.45) is 10.4. The summed E-state index contributed by atoms with van der Waals surface area (Å²) in [5, 5.41) is 1.15. The molecule has 0 unspecified atom stereocenters. The first-order valence-corrected chi connectivity index (χ1v) is 8.41. The van der Waals surface area contributed by atoms with Crippen LogP contribution in [0, 0.1) is 5.92 Å². The van der Waals surface area contributed by atoms with Gasteiger partial charge in [0.25, 0.3) is 5.91 Å². The van der Waals surface area contributed by atoms with Crippen molar-refractivity contribution in [3.63, 3.8) is 0 Å². The smallest absolute Gasteiger partial charge is 0.255 e. The van der Waals surface area contributed by atoms with Crippen molar-refractivity contribution in [1.82, 2.24) is 19.9 Å². The molecular weight excluding hydrogens is 300 g/mol. The molecule has 5 heteroatoms. The maximum atomic E-state index is 12.6. The number of hydrogen-bond donors (Lipinski definition) is 1. The Hall–Kier alpha value is -2.69. The molecule has 122 valence electrons. The minimum atomic E-state index is 0.0898. The number of carbonyl (C=O) groups excluding carboxylic acids is 1. The summed E-state index contributed by atoms with van der Waals surface area (Å²) in [6, 6.07) is 7.89. The lowest BCUT2D eigenvalue weighted by Gasteiger charge is -2.33. The normalized spacial score (nSPS) is 18.0. The number of nitrogens with one attached hydrogen (secondary N) is 1. The fourth-order valence-electron chi connectivity index (χ4n) is 3.52. The molecule has 0 bridgehead atoms. The van der Waals surface area contributed by atoms with Crippen molar-refractivity contribution in [2.24, 2.45) is 5.92 Å². The Bertz CT molecular complexity index is 843. The fourth-order valence-corrected chi connectivity index (χ4v) is 3.52. The number of pyridine rings is 2. The van der Waals surface area contributed by atoms with E-state index in [2.05, 4.69) is 21.0 Å². The zero-order valence-electron chi connectivity index (χ0n) is 13.5. The van der Waals surface area contributed by atoms with Crippen LogP contribution in [0.2, 0.25) is 0 Å². The number of carbonyl (C=O) groups is 1. The Labute approximate surface area is 140 Å². The first-order chi connectivity index (χ1) is 11.8. The molecule has 4 heterocycles. The number of rotatable bonds is 3. The van der Waals surface area contributed by atoms with Crippen LogP contribution >= 0.6 is 0 Å². The molecule has 24 heavy (non-hydrogen) atoms. The van der Waals surface area contributed by atoms with Gasteiger partial charge in [0.15, 0.2) is 0 Å². The molecule has 4 rings (SSSR count). The third-order valence-electron chi connectivity index (χ3n) is 4.70. The van der Waals surface area contributed by atoms with Crippen LogP contribution in [0.3, 0.4) is 0 Å². The summed E-state index contributed by atoms with van der Waals surface area (Å²) in [6.45, 7) is 1.64. The van der Waals surface area contributed by atoms with Crippen molar-refractivity contribution in [3.05, 3.63) is 60.2 Å². The van der Waals surface area contributed by atoms with Crippen LogP contribution in [0.4, 0.5) is 0 Å². The van der Waals surface area contributed by atoms with Gasteiger partial charge in [-0.3, -0.25) is 9.78 Å². The van der Waals surface area contributed by atoms with Gasteiger partial charge < -0.3 is 9.88 Å². The van der Waals surface area contributed by atoms with E-state index in [1.165, 1.54) is 5.56 Å². The highest BCUT2D eigenvalue weighted by molar-refractivity contribution is 5.93. The van der Waals surface area contributed by atoms with Crippen LogP contribution in [0.5, 0.6) is 0 Å². The van der Waals surface area contributed by atoms with Crippen molar-refractivity contribution in [1.29, 1.82) is 0 Å². The quantitative estimate of drug-likeness (QED) is 0.807. The van der Waals surface area contributed by atoms with Crippen molar-refractivity contribution in [3.8, 4) is 0 Å². The topological polar surface area (TPSA) is 61.9 Å². The second kappa shape index (κ2) is 6.43. The van der Waals surface area contributed by atoms with Crippen LogP contribution in [-0.4, -0.2) is 38.8 Å². The van der Waals surface area contributed by atoms with Gasteiger partial charge in [0.05, 0.1) is 5.56 Å². The molecule has 3 aromatic rings. The van der Waals surface area contributed by atoms with E-state index in [0.29, 0.717) is 11.5 Å². The molecular formula is C19H20N4O. The zero-order valence-corrected chi connectivity index (χ0v) is 13.5. The number of aromatic nitrogens is 3. The maximum absolute atomic E-state index is 12.6. The van der Waals surface area contributed by atoms with Crippen LogP contribution in [0.1, 0.15) is 28.8 Å². The fraction of sp³-hybridized carbons (Fsp3) is 0.316. The molecule has 1 aliphatic rings. The lowest BCUT2D eigenvalue weighted by atomic mass is 9.91. The molecule has 1 atom stereocenters. The Morgan fingerprint density at radius 1 is 1.33 bits per heavy atom. The van der Waals surface area contributed by atoms with Crippen molar-refractivity contribution in [2.75, 3.05) is 13.1 Å². The SMILES string of the molecule is O=C(c1cccnc1)N1CCC[C@@H](Cc2cnc3[nH]ccc3c2)C1. The summed E-state index contributed by atoms with van der Waals surface area (Å²) < 4.78 is 0. The summed E-state index contributed by atoms with van der Waals surface area (Å²) in [5.41, 5.74) is 2.84. The molecule has 1 saturated heterocycles. The second-order valence-corrected chi connectivity index (χ2v) is 6.46. The van der Waals surface area contributed by atoms with E-state index in [9.17, 15) is 4.79 Å². The Morgan fingerprint density at radius 3 is 3.17 bits per heavy atom. The molecule has 3 aromatic heterocycles. The molecule has 1 fully saturated rings. The number of piperidine rings is 1. The molecule has 1 N–H and O–H groups in total. The van der Waals surface area contributed by atoms with Crippen LogP contribution in [0.25, 0.3) is 11.0 Å². The van der Waals surface area contributed by atoms with Gasteiger partial charge in [0.2, 0.25) is 0 Å². The number of nitrogens with zero attached hydrogens (tertiary/aromatic N) is 3. The predicted octanol–water partition coefficient (Wildman–Crippen LogP) is 3.05. The average molecular weight is 320 g/mol. The van der Waals surface area contributed by atoms with Crippen LogP contribution < -0.4 is 0 Å². The number of likely N-dealkylation sites (tertiary alicyclic amines) is 1. The number of H-pyrrole nitrogens is 1. The van der Waals surface area contributed by atoms with Crippen LogP contribution in [0.15, 0.2) is 49.1 Å². The summed E-state index contributed by atoms with van der Waals surface area (Å²) in [5.74, 6) is 0.574. The van der Waals surface area contributed by atoms with E-state index in [-0.39, 0.29) is 5.91 Å². The van der Waals surface area contributed by atoms with Gasteiger partial charge in [-0.1, -0.05) is 0 Å². The van der Waals surface area contributed by atoms with E-state index in [4.69, 9.17) is 0 Å². The minimum absolute atomic E-state index is 0.0898. The lowest BCUT2D eigenvalue weighted by molar-refractivity contribution is 0.0673. The van der Waals surface area contributed by atoms with E-state index < -0.39 is 0 Å². The molecule has 0 aliphatic carbocycles. The van der Waals surface area contributed by atoms with Crippen molar-refractivity contribution in [2.45, 2.75) is 19.3 Å². The van der Waals surface area contributed by atoms with Gasteiger partial charge in [0, 0.05) is 43.3 Å². The molecule has 5 nitrogen and oxygen atoms in total. The van der Waals surface area contributed by atoms with Crippen LogP contribution in [-0.2, 0) is 6.42 Å². The second-order valence-electron chi connectivity index (χ2n) is 6.46. The number of aromatic amines is 1. The van der Waals surface area contributed by atoms with Crippen molar-refractivity contribution < 1.29 is 4.79 Å². The largest absolute Gasteiger partial charge is 0.346 e.